The van der Waals surface area contributed by atoms with Crippen LogP contribution in [-0.2, 0) is 17.8 Å². The smallest absolute Gasteiger partial charge is 0.475 e. The van der Waals surface area contributed by atoms with Gasteiger partial charge in [-0.3, -0.25) is 4.79 Å². The summed E-state index contributed by atoms with van der Waals surface area (Å²) >= 11 is 0. The van der Waals surface area contributed by atoms with Crippen LogP contribution in [0.15, 0.2) is 47.6 Å². The van der Waals surface area contributed by atoms with Crippen molar-refractivity contribution in [1.29, 1.82) is 0 Å². The number of nitrogens with two attached hydrogens (primary N) is 1. The Labute approximate surface area is 178 Å². The molecule has 2 rings (SSSR count). The number of rotatable bonds is 8. The van der Waals surface area contributed by atoms with Crippen LogP contribution in [0, 0.1) is 0 Å². The minimum atomic E-state index is -2.04. The van der Waals surface area contributed by atoms with Crippen LogP contribution in [0.2, 0.25) is 0 Å². The van der Waals surface area contributed by atoms with Gasteiger partial charge in [0.2, 0.25) is 0 Å². The molecular weight excluding hydrogens is 416 g/mol. The van der Waals surface area contributed by atoms with Crippen molar-refractivity contribution in [3.05, 3.63) is 64.7 Å². The summed E-state index contributed by atoms with van der Waals surface area (Å²) in [6.45, 7) is 0.287. The van der Waals surface area contributed by atoms with E-state index in [4.69, 9.17) is 10.8 Å². The van der Waals surface area contributed by atoms with E-state index in [1.54, 1.807) is 12.1 Å². The van der Waals surface area contributed by atoms with E-state index in [0.717, 1.165) is 5.56 Å². The first-order chi connectivity index (χ1) is 13.8. The maximum atomic E-state index is 12.5. The second kappa shape index (κ2) is 11.2. The Hall–Kier alpha value is -3.12. The number of carbonyl (C=O) groups is 2. The van der Waals surface area contributed by atoms with Crippen LogP contribution in [0.3, 0.4) is 0 Å². The molecule has 10 nitrogen and oxygen atoms in total. The molecule has 1 atom stereocenters. The van der Waals surface area contributed by atoms with E-state index in [1.165, 1.54) is 30.3 Å². The molecule has 0 aromatic heterocycles. The van der Waals surface area contributed by atoms with Crippen molar-refractivity contribution in [2.45, 2.75) is 18.9 Å². The summed E-state index contributed by atoms with van der Waals surface area (Å²) in [5, 5.41) is 52.9. The van der Waals surface area contributed by atoms with Crippen LogP contribution in [0.4, 0.5) is 0 Å². The summed E-state index contributed by atoms with van der Waals surface area (Å²) in [5.74, 6) is -4.13. The molecule has 0 aliphatic heterocycles. The van der Waals surface area contributed by atoms with E-state index in [0.29, 0.717) is 0 Å². The van der Waals surface area contributed by atoms with Gasteiger partial charge in [-0.25, -0.2) is 4.79 Å². The first-order valence-corrected chi connectivity index (χ1v) is 8.51. The van der Waals surface area contributed by atoms with Gasteiger partial charge < -0.3 is 36.5 Å². The number of hydrogen-bond donors (Lipinski definition) is 7. The average Bonchev–Trinajstić information content (AvgIpc) is 2.69. The van der Waals surface area contributed by atoms with Crippen LogP contribution in [0.5, 0.6) is 5.75 Å². The average molecular weight is 438 g/mol. The van der Waals surface area contributed by atoms with Crippen LogP contribution in [0.25, 0.3) is 0 Å². The first-order valence-electron chi connectivity index (χ1n) is 8.51. The topological polar surface area (TPSA) is 186 Å². The number of carboxylic acid groups (broad SMARTS) is 1. The van der Waals surface area contributed by atoms with Crippen molar-refractivity contribution in [2.24, 2.45) is 10.9 Å². The second-order valence-corrected chi connectivity index (χ2v) is 6.17. The number of nitrogens with one attached hydrogen (secondary N) is 1. The van der Waals surface area contributed by atoms with Gasteiger partial charge in [-0.05, 0) is 23.6 Å². The largest absolute Gasteiger partial charge is 0.507 e. The highest BCUT2D eigenvalue weighted by Gasteiger charge is 2.29. The van der Waals surface area contributed by atoms with E-state index in [-0.39, 0.29) is 47.8 Å². The normalized spacial score (nSPS) is 11.9. The zero-order valence-corrected chi connectivity index (χ0v) is 16.4. The van der Waals surface area contributed by atoms with Crippen molar-refractivity contribution in [3.8, 4) is 5.75 Å². The molecule has 30 heavy (non-hydrogen) atoms. The Balaban J connectivity index is 0.00000450. The number of para-hydroxylation sites is 1. The lowest BCUT2D eigenvalue weighted by Crippen LogP contribution is -2.50. The quantitative estimate of drug-likeness (QED) is 0.129. The second-order valence-electron chi connectivity index (χ2n) is 6.17. The molecule has 0 heterocycles. The fourth-order valence-electron chi connectivity index (χ4n) is 2.67. The van der Waals surface area contributed by atoms with Crippen molar-refractivity contribution >= 4 is 37.1 Å². The molecule has 0 aliphatic carbocycles. The molecule has 2 aromatic rings. The minimum Gasteiger partial charge on any atom is -0.507 e. The third kappa shape index (κ3) is 5.94. The summed E-state index contributed by atoms with van der Waals surface area (Å²) in [7, 11) is -2.04. The highest BCUT2D eigenvalue weighted by Crippen LogP contribution is 2.24. The van der Waals surface area contributed by atoms with Gasteiger partial charge >= 0.3 is 13.1 Å². The van der Waals surface area contributed by atoms with Gasteiger partial charge in [-0.1, -0.05) is 41.6 Å². The zero-order chi connectivity index (χ0) is 21.6. The van der Waals surface area contributed by atoms with Crippen LogP contribution < -0.4 is 11.1 Å². The number of hydrogen-bond acceptors (Lipinski definition) is 8. The lowest BCUT2D eigenvalue weighted by atomic mass is 9.75. The van der Waals surface area contributed by atoms with Crippen LogP contribution >= 0.6 is 12.4 Å². The van der Waals surface area contributed by atoms with Gasteiger partial charge in [0, 0.05) is 12.1 Å². The number of halogens is 1. The van der Waals surface area contributed by atoms with E-state index in [1.807, 2.05) is 0 Å². The molecule has 0 saturated carbocycles. The van der Waals surface area contributed by atoms with E-state index in [9.17, 15) is 30.0 Å². The predicted octanol–water partition coefficient (Wildman–Crippen LogP) is -0.111. The molecule has 1 unspecified atom stereocenters. The molecule has 1 amide bonds. The number of carbonyl (C=O) groups excluding carboxylic acids is 1. The molecule has 0 radical (unpaired) electrons. The fourth-order valence-corrected chi connectivity index (χ4v) is 2.67. The van der Waals surface area contributed by atoms with E-state index < -0.39 is 30.7 Å². The molecule has 0 saturated heterocycles. The number of carboxylic acids is 1. The van der Waals surface area contributed by atoms with Crippen molar-refractivity contribution in [1.82, 2.24) is 5.32 Å². The van der Waals surface area contributed by atoms with Crippen molar-refractivity contribution < 1.29 is 35.1 Å². The molecular formula is C18H21BClN3O7. The number of aromatic hydroxyl groups is 1. The lowest BCUT2D eigenvalue weighted by molar-refractivity contribution is -0.115. The molecule has 2 aromatic carbocycles. The monoisotopic (exact) mass is 437 g/mol. The number of aromatic carboxylic acids is 1. The Kier molecular flexibility index (Phi) is 9.28. The Morgan fingerprint density at radius 3 is 2.27 bits per heavy atom. The summed E-state index contributed by atoms with van der Waals surface area (Å²) in [6.07, 6.45) is -0.290. The van der Waals surface area contributed by atoms with Crippen LogP contribution in [0.1, 0.15) is 27.0 Å². The van der Waals surface area contributed by atoms with Gasteiger partial charge in [0.25, 0.3) is 5.91 Å². The molecule has 0 bridgehead atoms. The van der Waals surface area contributed by atoms with Crippen molar-refractivity contribution in [3.63, 3.8) is 0 Å². The summed E-state index contributed by atoms with van der Waals surface area (Å²) in [5.41, 5.74) is 5.92. The van der Waals surface area contributed by atoms with Gasteiger partial charge in [0.1, 0.15) is 11.3 Å². The fraction of sp³-hybridized carbons (Fsp3) is 0.167. The van der Waals surface area contributed by atoms with Crippen LogP contribution in [-0.4, -0.2) is 56.1 Å². The minimum absolute atomic E-state index is 0. The van der Waals surface area contributed by atoms with E-state index >= 15 is 0 Å². The predicted molar refractivity (Wildman–Crippen MR) is 111 cm³/mol. The number of benzene rings is 2. The highest BCUT2D eigenvalue weighted by molar-refractivity contribution is 6.48. The van der Waals surface area contributed by atoms with Gasteiger partial charge in [-0.15, -0.1) is 12.4 Å². The maximum Gasteiger partial charge on any atom is 0.475 e. The number of phenols is 1. The van der Waals surface area contributed by atoms with Gasteiger partial charge in [0.05, 0.1) is 5.94 Å². The molecule has 160 valence electrons. The number of oxime groups is 1. The lowest BCUT2D eigenvalue weighted by Gasteiger charge is -2.19. The summed E-state index contributed by atoms with van der Waals surface area (Å²) in [6, 6.07) is 10.3. The SMILES string of the molecule is Cl.NCc1ccc(/C(=N\O)C(=O)NC(Cc2cccc(C(=O)O)c2O)B(O)O)cc1. The third-order valence-electron chi connectivity index (χ3n) is 4.24. The number of nitrogens with zero attached hydrogens (tertiary/aromatic N) is 1. The summed E-state index contributed by atoms with van der Waals surface area (Å²) < 4.78 is 0. The Morgan fingerprint density at radius 1 is 1.13 bits per heavy atom. The highest BCUT2D eigenvalue weighted by atomic mass is 35.5. The standard InChI is InChI=1S/C18H20BN3O7.ClH/c20-9-10-4-6-11(7-5-10)15(22-29)17(24)21-14(19(27)28)8-12-2-1-3-13(16(12)23)18(25)26;/h1-7,14,23,27-29H,8-9,20H2,(H,21,24)(H,25,26);1H/b22-15+;. The molecule has 8 N–H and O–H groups in total. The zero-order valence-electron chi connectivity index (χ0n) is 15.6. The molecule has 0 spiro atoms. The maximum absolute atomic E-state index is 12.5. The summed E-state index contributed by atoms with van der Waals surface area (Å²) in [4.78, 5) is 23.6. The Bertz CT molecular complexity index is 922. The molecule has 0 fully saturated rings. The third-order valence-corrected chi connectivity index (χ3v) is 4.24. The van der Waals surface area contributed by atoms with Gasteiger partial charge in [0.15, 0.2) is 5.71 Å². The molecule has 0 aliphatic rings. The Morgan fingerprint density at radius 2 is 1.77 bits per heavy atom. The first kappa shape index (κ1) is 24.9. The molecule has 12 heteroatoms. The number of amides is 1. The van der Waals surface area contributed by atoms with Gasteiger partial charge in [-0.2, -0.15) is 0 Å². The van der Waals surface area contributed by atoms with Crippen molar-refractivity contribution in [2.75, 3.05) is 0 Å². The van der Waals surface area contributed by atoms with E-state index in [2.05, 4.69) is 10.5 Å².